The van der Waals surface area contributed by atoms with Crippen LogP contribution >= 0.6 is 0 Å². The van der Waals surface area contributed by atoms with Gasteiger partial charge in [-0.3, -0.25) is 9.59 Å². The van der Waals surface area contributed by atoms with Crippen LogP contribution in [0, 0.1) is 11.6 Å². The monoisotopic (exact) mass is 373 g/mol. The predicted octanol–water partition coefficient (Wildman–Crippen LogP) is 3.38. The Balaban J connectivity index is 1.52. The second-order valence-corrected chi connectivity index (χ2v) is 6.51. The molecule has 27 heavy (non-hydrogen) atoms. The van der Waals surface area contributed by atoms with E-state index in [1.165, 1.54) is 12.1 Å². The lowest BCUT2D eigenvalue weighted by molar-refractivity contribution is -0.117. The van der Waals surface area contributed by atoms with Crippen LogP contribution in [0.15, 0.2) is 42.5 Å². The molecule has 0 spiro atoms. The molecule has 0 aliphatic carbocycles. The maximum atomic E-state index is 13.8. The molecule has 1 saturated heterocycles. The average Bonchev–Trinajstić information content (AvgIpc) is 3.06. The molecular weight excluding hydrogens is 352 g/mol. The fraction of sp³-hybridized carbons (Fsp3) is 0.300. The second kappa shape index (κ2) is 8.26. The Morgan fingerprint density at radius 1 is 1.19 bits per heavy atom. The van der Waals surface area contributed by atoms with Gasteiger partial charge in [-0.15, -0.1) is 0 Å². The Bertz CT molecular complexity index is 840. The summed E-state index contributed by atoms with van der Waals surface area (Å²) in [6.45, 7) is 2.39. The van der Waals surface area contributed by atoms with Gasteiger partial charge >= 0.3 is 0 Å². The van der Waals surface area contributed by atoms with E-state index in [2.05, 4.69) is 10.6 Å². The summed E-state index contributed by atoms with van der Waals surface area (Å²) in [5.74, 6) is -1.46. The highest BCUT2D eigenvalue weighted by Gasteiger charge is 2.21. The number of hydrogen-bond acceptors (Lipinski definition) is 3. The molecule has 2 aromatic carbocycles. The minimum atomic E-state index is -0.651. The zero-order valence-electron chi connectivity index (χ0n) is 15.0. The SMILES string of the molecule is C[C@H](NCC(=O)Nc1ccc(N2CCCC2=O)cc1)c1ccc(F)cc1F. The number of anilines is 2. The minimum Gasteiger partial charge on any atom is -0.325 e. The van der Waals surface area contributed by atoms with E-state index in [9.17, 15) is 18.4 Å². The number of nitrogens with one attached hydrogen (secondary N) is 2. The van der Waals surface area contributed by atoms with Crippen molar-refractivity contribution >= 4 is 23.2 Å². The van der Waals surface area contributed by atoms with E-state index in [1.807, 2.05) is 0 Å². The summed E-state index contributed by atoms with van der Waals surface area (Å²) < 4.78 is 26.7. The maximum absolute atomic E-state index is 13.8. The molecule has 0 aromatic heterocycles. The molecule has 2 amide bonds. The van der Waals surface area contributed by atoms with Crippen LogP contribution in [0.4, 0.5) is 20.2 Å². The van der Waals surface area contributed by atoms with Crippen LogP contribution in [-0.4, -0.2) is 24.9 Å². The second-order valence-electron chi connectivity index (χ2n) is 6.51. The van der Waals surface area contributed by atoms with Gasteiger partial charge < -0.3 is 15.5 Å². The van der Waals surface area contributed by atoms with Crippen molar-refractivity contribution in [3.05, 3.63) is 59.7 Å². The van der Waals surface area contributed by atoms with E-state index < -0.39 is 17.7 Å². The molecular formula is C20H21F2N3O2. The van der Waals surface area contributed by atoms with E-state index in [0.717, 1.165) is 18.2 Å². The van der Waals surface area contributed by atoms with E-state index in [1.54, 1.807) is 36.1 Å². The van der Waals surface area contributed by atoms with E-state index in [-0.39, 0.29) is 18.4 Å². The van der Waals surface area contributed by atoms with Crippen molar-refractivity contribution < 1.29 is 18.4 Å². The number of benzene rings is 2. The molecule has 2 N–H and O–H groups in total. The van der Waals surface area contributed by atoms with Gasteiger partial charge in [0.1, 0.15) is 11.6 Å². The van der Waals surface area contributed by atoms with Gasteiger partial charge in [0.05, 0.1) is 6.54 Å². The van der Waals surface area contributed by atoms with Crippen LogP contribution in [0.2, 0.25) is 0 Å². The lowest BCUT2D eigenvalue weighted by atomic mass is 10.1. The van der Waals surface area contributed by atoms with E-state index in [4.69, 9.17) is 0 Å². The Morgan fingerprint density at radius 3 is 2.56 bits per heavy atom. The van der Waals surface area contributed by atoms with Crippen LogP contribution < -0.4 is 15.5 Å². The first-order valence-electron chi connectivity index (χ1n) is 8.82. The molecule has 0 bridgehead atoms. The molecule has 1 aliphatic heterocycles. The molecule has 1 aliphatic rings. The summed E-state index contributed by atoms with van der Waals surface area (Å²) in [4.78, 5) is 25.6. The standard InChI is InChI=1S/C20H21F2N3O2/c1-13(17-9-4-14(21)11-18(17)22)23-12-19(26)24-15-5-7-16(8-6-15)25-10-2-3-20(25)27/h4-9,11,13,23H,2-3,10,12H2,1H3,(H,24,26)/t13-/m0/s1. The third kappa shape index (κ3) is 4.68. The van der Waals surface area contributed by atoms with Crippen molar-refractivity contribution in [1.29, 1.82) is 0 Å². The number of amides is 2. The van der Waals surface area contributed by atoms with Crippen molar-refractivity contribution in [3.63, 3.8) is 0 Å². The van der Waals surface area contributed by atoms with Gasteiger partial charge in [-0.25, -0.2) is 8.78 Å². The third-order valence-corrected chi connectivity index (χ3v) is 4.53. The quantitative estimate of drug-likeness (QED) is 0.816. The van der Waals surface area contributed by atoms with Crippen molar-refractivity contribution in [3.8, 4) is 0 Å². The zero-order chi connectivity index (χ0) is 19.4. The lowest BCUT2D eigenvalue weighted by Crippen LogP contribution is -2.30. The van der Waals surface area contributed by atoms with Gasteiger partial charge in [-0.2, -0.15) is 0 Å². The lowest BCUT2D eigenvalue weighted by Gasteiger charge is -2.17. The van der Waals surface area contributed by atoms with E-state index >= 15 is 0 Å². The number of carbonyl (C=O) groups is 2. The predicted molar refractivity (Wildman–Crippen MR) is 99.4 cm³/mol. The van der Waals surface area contributed by atoms with Crippen LogP contribution in [0.3, 0.4) is 0 Å². The Labute approximate surface area is 156 Å². The Kier molecular flexibility index (Phi) is 5.81. The fourth-order valence-corrected chi connectivity index (χ4v) is 3.06. The van der Waals surface area contributed by atoms with Gasteiger partial charge in [0.25, 0.3) is 0 Å². The molecule has 142 valence electrons. The summed E-state index contributed by atoms with van der Waals surface area (Å²) >= 11 is 0. The van der Waals surface area contributed by atoms with Crippen molar-refractivity contribution in [2.75, 3.05) is 23.3 Å². The summed E-state index contributed by atoms with van der Waals surface area (Å²) in [7, 11) is 0. The molecule has 1 heterocycles. The van der Waals surface area contributed by atoms with Gasteiger partial charge in [0.2, 0.25) is 11.8 Å². The largest absolute Gasteiger partial charge is 0.325 e. The van der Waals surface area contributed by atoms with Crippen LogP contribution in [0.25, 0.3) is 0 Å². The molecule has 0 unspecified atom stereocenters. The summed E-state index contributed by atoms with van der Waals surface area (Å²) in [5.41, 5.74) is 1.72. The number of hydrogen-bond donors (Lipinski definition) is 2. The molecule has 0 radical (unpaired) electrons. The molecule has 2 aromatic rings. The van der Waals surface area contributed by atoms with Crippen molar-refractivity contribution in [1.82, 2.24) is 5.32 Å². The first kappa shape index (κ1) is 19.0. The molecule has 1 atom stereocenters. The molecule has 3 rings (SSSR count). The number of carbonyl (C=O) groups excluding carboxylic acids is 2. The third-order valence-electron chi connectivity index (χ3n) is 4.53. The molecule has 7 heteroatoms. The van der Waals surface area contributed by atoms with Crippen LogP contribution in [0.1, 0.15) is 31.4 Å². The van der Waals surface area contributed by atoms with Gasteiger partial charge in [0.15, 0.2) is 0 Å². The summed E-state index contributed by atoms with van der Waals surface area (Å²) in [5, 5.41) is 5.66. The molecule has 1 fully saturated rings. The maximum Gasteiger partial charge on any atom is 0.238 e. The molecule has 5 nitrogen and oxygen atoms in total. The van der Waals surface area contributed by atoms with Crippen LogP contribution in [0.5, 0.6) is 0 Å². The topological polar surface area (TPSA) is 61.4 Å². The first-order chi connectivity index (χ1) is 12.9. The normalized spacial score (nSPS) is 15.1. The number of rotatable bonds is 6. The number of nitrogens with zero attached hydrogens (tertiary/aromatic N) is 1. The highest BCUT2D eigenvalue weighted by Crippen LogP contribution is 2.23. The van der Waals surface area contributed by atoms with Gasteiger partial charge in [-0.05, 0) is 43.7 Å². The highest BCUT2D eigenvalue weighted by atomic mass is 19.1. The smallest absolute Gasteiger partial charge is 0.238 e. The summed E-state index contributed by atoms with van der Waals surface area (Å²) in [6, 6.07) is 9.98. The minimum absolute atomic E-state index is 0.0235. The van der Waals surface area contributed by atoms with Crippen molar-refractivity contribution in [2.45, 2.75) is 25.8 Å². The number of halogens is 2. The average molecular weight is 373 g/mol. The van der Waals surface area contributed by atoms with Crippen LogP contribution in [-0.2, 0) is 9.59 Å². The molecule has 0 saturated carbocycles. The van der Waals surface area contributed by atoms with Gasteiger partial charge in [-0.1, -0.05) is 6.07 Å². The van der Waals surface area contributed by atoms with E-state index in [0.29, 0.717) is 24.2 Å². The first-order valence-corrected chi connectivity index (χ1v) is 8.82. The van der Waals surface area contributed by atoms with Crippen molar-refractivity contribution in [2.24, 2.45) is 0 Å². The summed E-state index contributed by atoms with van der Waals surface area (Å²) in [6.07, 6.45) is 1.42. The van der Waals surface area contributed by atoms with Gasteiger partial charge in [0, 0.05) is 42.0 Å². The Morgan fingerprint density at radius 2 is 1.93 bits per heavy atom. The Hall–Kier alpha value is -2.80. The highest BCUT2D eigenvalue weighted by molar-refractivity contribution is 5.96. The fourth-order valence-electron chi connectivity index (χ4n) is 3.06. The zero-order valence-corrected chi connectivity index (χ0v) is 15.0.